The Hall–Kier alpha value is -1.43. The van der Waals surface area contributed by atoms with E-state index in [1.807, 2.05) is 6.08 Å². The molecule has 3 atom stereocenters. The molecule has 0 heterocycles. The van der Waals surface area contributed by atoms with Crippen LogP contribution in [-0.4, -0.2) is 46.1 Å². The van der Waals surface area contributed by atoms with Crippen molar-refractivity contribution in [3.63, 3.8) is 0 Å². The molecule has 3 unspecified atom stereocenters. The molecule has 1 amide bonds. The van der Waals surface area contributed by atoms with Crippen molar-refractivity contribution in [2.45, 2.75) is 283 Å². The molecule has 0 aliphatic heterocycles. The fraction of sp³-hybridized carbons (Fsp3) is 0.865. The van der Waals surface area contributed by atoms with Crippen molar-refractivity contribution >= 4 is 5.91 Å². The number of hydrogen-bond acceptors (Lipinski definition) is 4. The molecule has 336 valence electrons. The van der Waals surface area contributed by atoms with E-state index in [1.165, 1.54) is 205 Å². The second kappa shape index (κ2) is 47.3. The van der Waals surface area contributed by atoms with E-state index in [0.717, 1.165) is 38.5 Å². The monoisotopic (exact) mass is 802 g/mol. The Morgan fingerprint density at radius 3 is 1.07 bits per heavy atom. The SMILES string of the molecule is CCCCCCCCCCC/C=C\CCCCCCCCC(O)C(=O)NC(CO)C(O)/C=C/CC/C=C/CCCCCCCCCCCCCCCCCCCC. The van der Waals surface area contributed by atoms with E-state index >= 15 is 0 Å². The number of carbonyl (C=O) groups excluding carboxylic acids is 1. The van der Waals surface area contributed by atoms with Gasteiger partial charge in [0.2, 0.25) is 5.91 Å². The molecule has 0 bridgehead atoms. The van der Waals surface area contributed by atoms with Crippen LogP contribution in [0.25, 0.3) is 0 Å². The van der Waals surface area contributed by atoms with Crippen molar-refractivity contribution in [2.75, 3.05) is 6.61 Å². The molecular formula is C52H99NO4. The summed E-state index contributed by atoms with van der Waals surface area (Å²) in [6.45, 7) is 4.19. The van der Waals surface area contributed by atoms with Crippen LogP contribution in [0.15, 0.2) is 36.5 Å². The van der Waals surface area contributed by atoms with E-state index in [2.05, 4.69) is 43.5 Å². The number of unbranched alkanes of at least 4 members (excludes halogenated alkanes) is 34. The van der Waals surface area contributed by atoms with Crippen LogP contribution < -0.4 is 5.32 Å². The van der Waals surface area contributed by atoms with Gasteiger partial charge in [0.05, 0.1) is 18.8 Å². The molecule has 57 heavy (non-hydrogen) atoms. The van der Waals surface area contributed by atoms with Gasteiger partial charge in [-0.1, -0.05) is 243 Å². The molecule has 0 rings (SSSR count). The number of allylic oxidation sites excluding steroid dienone is 5. The summed E-state index contributed by atoms with van der Waals surface area (Å²) in [5.74, 6) is -0.516. The molecular weight excluding hydrogens is 703 g/mol. The lowest BCUT2D eigenvalue weighted by atomic mass is 10.0. The molecule has 0 aromatic heterocycles. The number of amides is 1. The highest BCUT2D eigenvalue weighted by Crippen LogP contribution is 2.16. The highest BCUT2D eigenvalue weighted by atomic mass is 16.3. The largest absolute Gasteiger partial charge is 0.394 e. The van der Waals surface area contributed by atoms with Crippen molar-refractivity contribution in [3.05, 3.63) is 36.5 Å². The third kappa shape index (κ3) is 42.5. The number of aliphatic hydroxyl groups is 3. The number of nitrogens with one attached hydrogen (secondary N) is 1. The van der Waals surface area contributed by atoms with Gasteiger partial charge >= 0.3 is 0 Å². The minimum atomic E-state index is -1.11. The Balaban J connectivity index is 3.66. The van der Waals surface area contributed by atoms with Crippen LogP contribution >= 0.6 is 0 Å². The van der Waals surface area contributed by atoms with Gasteiger partial charge in [0.15, 0.2) is 0 Å². The second-order valence-corrected chi connectivity index (χ2v) is 17.4. The average molecular weight is 802 g/mol. The molecule has 0 aromatic rings. The van der Waals surface area contributed by atoms with Crippen LogP contribution in [0, 0.1) is 0 Å². The number of rotatable bonds is 46. The van der Waals surface area contributed by atoms with E-state index in [1.54, 1.807) is 6.08 Å². The Kier molecular flexibility index (Phi) is 46.1. The molecule has 5 heteroatoms. The molecule has 4 N–H and O–H groups in total. The van der Waals surface area contributed by atoms with Crippen LogP contribution in [0.5, 0.6) is 0 Å². The van der Waals surface area contributed by atoms with Crippen molar-refractivity contribution < 1.29 is 20.1 Å². The maximum atomic E-state index is 12.5. The molecule has 0 aliphatic carbocycles. The molecule has 0 saturated carbocycles. The lowest BCUT2D eigenvalue weighted by Crippen LogP contribution is -2.48. The summed E-state index contributed by atoms with van der Waals surface area (Å²) >= 11 is 0. The first kappa shape index (κ1) is 55.6. The number of hydrogen-bond donors (Lipinski definition) is 4. The van der Waals surface area contributed by atoms with Gasteiger partial charge in [0, 0.05) is 0 Å². The van der Waals surface area contributed by atoms with E-state index in [4.69, 9.17) is 0 Å². The van der Waals surface area contributed by atoms with Crippen LogP contribution in [0.3, 0.4) is 0 Å². The average Bonchev–Trinajstić information content (AvgIpc) is 3.22. The fourth-order valence-electron chi connectivity index (χ4n) is 7.73. The third-order valence-electron chi connectivity index (χ3n) is 11.7. The molecule has 0 aromatic carbocycles. The lowest BCUT2D eigenvalue weighted by molar-refractivity contribution is -0.131. The highest BCUT2D eigenvalue weighted by Gasteiger charge is 2.22. The van der Waals surface area contributed by atoms with E-state index in [-0.39, 0.29) is 6.61 Å². The Morgan fingerprint density at radius 1 is 0.421 bits per heavy atom. The zero-order valence-electron chi connectivity index (χ0n) is 38.2. The highest BCUT2D eigenvalue weighted by molar-refractivity contribution is 5.80. The third-order valence-corrected chi connectivity index (χ3v) is 11.7. The van der Waals surface area contributed by atoms with E-state index in [9.17, 15) is 20.1 Å². The van der Waals surface area contributed by atoms with Gasteiger partial charge in [-0.3, -0.25) is 4.79 Å². The minimum absolute atomic E-state index is 0.377. The van der Waals surface area contributed by atoms with Gasteiger partial charge in [-0.05, 0) is 57.8 Å². The smallest absolute Gasteiger partial charge is 0.249 e. The Labute approximate surface area is 355 Å². The molecule has 0 fully saturated rings. The fourth-order valence-corrected chi connectivity index (χ4v) is 7.73. The van der Waals surface area contributed by atoms with Gasteiger partial charge in [-0.15, -0.1) is 0 Å². The van der Waals surface area contributed by atoms with Crippen molar-refractivity contribution in [1.82, 2.24) is 5.32 Å². The predicted molar refractivity (Wildman–Crippen MR) is 250 cm³/mol. The summed E-state index contributed by atoms with van der Waals surface area (Å²) in [4.78, 5) is 12.5. The van der Waals surface area contributed by atoms with Crippen molar-refractivity contribution in [1.29, 1.82) is 0 Å². The van der Waals surface area contributed by atoms with Gasteiger partial charge in [0.1, 0.15) is 6.10 Å². The summed E-state index contributed by atoms with van der Waals surface area (Å²) in [6.07, 6.45) is 60.6. The van der Waals surface area contributed by atoms with E-state index < -0.39 is 24.2 Å². The summed E-state index contributed by atoms with van der Waals surface area (Å²) in [5, 5.41) is 33.2. The topological polar surface area (TPSA) is 89.8 Å². The van der Waals surface area contributed by atoms with Gasteiger partial charge in [0.25, 0.3) is 0 Å². The van der Waals surface area contributed by atoms with Gasteiger partial charge < -0.3 is 20.6 Å². The van der Waals surface area contributed by atoms with Crippen molar-refractivity contribution in [3.8, 4) is 0 Å². The molecule has 0 saturated heterocycles. The second-order valence-electron chi connectivity index (χ2n) is 17.4. The zero-order chi connectivity index (χ0) is 41.5. The first-order valence-electron chi connectivity index (χ1n) is 25.3. The van der Waals surface area contributed by atoms with Crippen LogP contribution in [0.2, 0.25) is 0 Å². The Morgan fingerprint density at radius 2 is 0.719 bits per heavy atom. The molecule has 5 nitrogen and oxygen atoms in total. The number of aliphatic hydroxyl groups excluding tert-OH is 3. The standard InChI is InChI=1S/C52H99NO4/c1-3-5-7-9-11-13-15-17-19-21-23-24-25-26-27-29-30-32-34-36-38-40-42-44-46-50(55)49(48-54)53-52(57)51(56)47-45-43-41-39-37-35-33-31-28-22-20-18-16-14-12-10-8-6-4-2/h28,31,36,38,44,46,49-51,54-56H,3-27,29-30,32-35,37,39-43,45,47-48H2,1-2H3,(H,53,57)/b31-28-,38-36+,46-44+. The van der Waals surface area contributed by atoms with E-state index in [0.29, 0.717) is 6.42 Å². The quantitative estimate of drug-likeness (QED) is 0.0365. The predicted octanol–water partition coefficient (Wildman–Crippen LogP) is 15.1. The van der Waals surface area contributed by atoms with Gasteiger partial charge in [-0.2, -0.15) is 0 Å². The van der Waals surface area contributed by atoms with Gasteiger partial charge in [-0.25, -0.2) is 0 Å². The normalized spacial score (nSPS) is 13.7. The summed E-state index contributed by atoms with van der Waals surface area (Å²) in [7, 11) is 0. The maximum absolute atomic E-state index is 12.5. The zero-order valence-corrected chi connectivity index (χ0v) is 38.2. The van der Waals surface area contributed by atoms with Crippen LogP contribution in [0.4, 0.5) is 0 Å². The van der Waals surface area contributed by atoms with Crippen LogP contribution in [-0.2, 0) is 4.79 Å². The first-order chi connectivity index (χ1) is 28.1. The maximum Gasteiger partial charge on any atom is 0.249 e. The number of carbonyl (C=O) groups is 1. The molecule has 0 aliphatic rings. The van der Waals surface area contributed by atoms with Crippen LogP contribution in [0.1, 0.15) is 264 Å². The minimum Gasteiger partial charge on any atom is -0.394 e. The van der Waals surface area contributed by atoms with Crippen molar-refractivity contribution in [2.24, 2.45) is 0 Å². The summed E-state index contributed by atoms with van der Waals surface area (Å²) < 4.78 is 0. The molecule has 0 radical (unpaired) electrons. The first-order valence-corrected chi connectivity index (χ1v) is 25.3. The summed E-state index contributed by atoms with van der Waals surface area (Å²) in [5.41, 5.74) is 0. The molecule has 0 spiro atoms. The summed E-state index contributed by atoms with van der Waals surface area (Å²) in [6, 6.07) is -0.817. The Bertz CT molecular complexity index is 885. The lowest BCUT2D eigenvalue weighted by Gasteiger charge is -2.21.